The Morgan fingerprint density at radius 2 is 1.74 bits per heavy atom. The van der Waals surface area contributed by atoms with Crippen molar-refractivity contribution in [3.63, 3.8) is 0 Å². The number of rotatable bonds is 8. The minimum Gasteiger partial charge on any atom is -0.494 e. The minimum atomic E-state index is -0.875. The smallest absolute Gasteiger partial charge is 0.329 e. The number of nitrogens with zero attached hydrogens (tertiary/aromatic N) is 1. The van der Waals surface area contributed by atoms with Gasteiger partial charge in [0.25, 0.3) is 0 Å². The molecule has 0 aromatic heterocycles. The van der Waals surface area contributed by atoms with Gasteiger partial charge in [0.15, 0.2) is 0 Å². The number of amides is 2. The van der Waals surface area contributed by atoms with E-state index in [-0.39, 0.29) is 0 Å². The summed E-state index contributed by atoms with van der Waals surface area (Å²) in [5.41, 5.74) is 3.39. The molecule has 7 heteroatoms. The number of benzene rings is 2. The molecular formula is C20H23N3O4. The highest BCUT2D eigenvalue weighted by atomic mass is 16.5. The Balaban J connectivity index is 1.87. The van der Waals surface area contributed by atoms with Crippen LogP contribution in [0.2, 0.25) is 0 Å². The van der Waals surface area contributed by atoms with Crippen LogP contribution >= 0.6 is 0 Å². The second kappa shape index (κ2) is 10.6. The summed E-state index contributed by atoms with van der Waals surface area (Å²) in [6, 6.07) is 14.1. The van der Waals surface area contributed by atoms with E-state index in [1.165, 1.54) is 6.21 Å². The van der Waals surface area contributed by atoms with Crippen LogP contribution in [0.3, 0.4) is 0 Å². The first-order valence-electron chi connectivity index (χ1n) is 8.73. The largest absolute Gasteiger partial charge is 0.494 e. The lowest BCUT2D eigenvalue weighted by Crippen LogP contribution is -2.32. The second-order valence-corrected chi connectivity index (χ2v) is 5.50. The van der Waals surface area contributed by atoms with Gasteiger partial charge in [-0.1, -0.05) is 19.1 Å². The highest BCUT2D eigenvalue weighted by Gasteiger charge is 2.15. The third-order valence-electron chi connectivity index (χ3n) is 3.37. The Hall–Kier alpha value is -3.35. The minimum absolute atomic E-state index is 0.422. The predicted molar refractivity (Wildman–Crippen MR) is 104 cm³/mol. The van der Waals surface area contributed by atoms with Crippen LogP contribution in [0.25, 0.3) is 0 Å². The molecule has 0 saturated carbocycles. The number of ether oxygens (including phenoxy) is 2. The van der Waals surface area contributed by atoms with Crippen molar-refractivity contribution in [2.24, 2.45) is 5.10 Å². The van der Waals surface area contributed by atoms with Crippen molar-refractivity contribution in [3.05, 3.63) is 54.1 Å². The summed E-state index contributed by atoms with van der Waals surface area (Å²) in [7, 11) is 0. The fraction of sp³-hybridized carbons (Fsp3) is 0.250. The number of hydrogen-bond acceptors (Lipinski definition) is 5. The molecule has 0 spiro atoms. The van der Waals surface area contributed by atoms with Gasteiger partial charge in [0.2, 0.25) is 0 Å². The molecule has 0 radical (unpaired) electrons. The molecule has 142 valence electrons. The molecule has 7 nitrogen and oxygen atoms in total. The lowest BCUT2D eigenvalue weighted by Gasteiger charge is -2.10. The average molecular weight is 369 g/mol. The lowest BCUT2D eigenvalue weighted by molar-refractivity contribution is -0.136. The average Bonchev–Trinajstić information content (AvgIpc) is 2.69. The summed E-state index contributed by atoms with van der Waals surface area (Å²) in [6.07, 6.45) is 2.38. The molecule has 0 aliphatic carbocycles. The van der Waals surface area contributed by atoms with Gasteiger partial charge in [-0.3, -0.25) is 9.59 Å². The van der Waals surface area contributed by atoms with E-state index >= 15 is 0 Å². The van der Waals surface area contributed by atoms with Gasteiger partial charge in [-0.05, 0) is 55.3 Å². The zero-order valence-electron chi connectivity index (χ0n) is 15.4. The van der Waals surface area contributed by atoms with Crippen molar-refractivity contribution in [1.29, 1.82) is 0 Å². The van der Waals surface area contributed by atoms with Crippen LogP contribution in [-0.2, 0) is 9.59 Å². The molecule has 0 saturated heterocycles. The summed E-state index contributed by atoms with van der Waals surface area (Å²) < 4.78 is 10.9. The molecule has 0 heterocycles. The van der Waals surface area contributed by atoms with Crippen molar-refractivity contribution >= 4 is 23.7 Å². The highest BCUT2D eigenvalue weighted by Crippen LogP contribution is 2.23. The zero-order valence-corrected chi connectivity index (χ0v) is 15.4. The molecule has 0 aliphatic rings. The first-order chi connectivity index (χ1) is 13.1. The maximum atomic E-state index is 12.0. The number of hydrazone groups is 1. The van der Waals surface area contributed by atoms with Gasteiger partial charge in [-0.25, -0.2) is 5.43 Å². The van der Waals surface area contributed by atoms with Crippen LogP contribution in [0.15, 0.2) is 53.6 Å². The molecule has 0 bridgehead atoms. The van der Waals surface area contributed by atoms with Crippen LogP contribution < -0.4 is 20.2 Å². The monoisotopic (exact) mass is 369 g/mol. The Bertz CT molecular complexity index is 788. The molecule has 2 aromatic carbocycles. The number of hydrogen-bond donors (Lipinski definition) is 2. The van der Waals surface area contributed by atoms with Gasteiger partial charge >= 0.3 is 11.8 Å². The highest BCUT2D eigenvalue weighted by molar-refractivity contribution is 6.39. The first-order valence-corrected chi connectivity index (χ1v) is 8.73. The lowest BCUT2D eigenvalue weighted by atomic mass is 10.2. The van der Waals surface area contributed by atoms with E-state index in [0.717, 1.165) is 17.7 Å². The Morgan fingerprint density at radius 3 is 2.44 bits per heavy atom. The Kier molecular flexibility index (Phi) is 7.84. The predicted octanol–water partition coefficient (Wildman–Crippen LogP) is 2.96. The van der Waals surface area contributed by atoms with E-state index in [0.29, 0.717) is 24.7 Å². The molecule has 0 unspecified atom stereocenters. The Labute approximate surface area is 158 Å². The molecule has 2 rings (SSSR count). The van der Waals surface area contributed by atoms with Crippen molar-refractivity contribution in [3.8, 4) is 11.5 Å². The summed E-state index contributed by atoms with van der Waals surface area (Å²) in [6.45, 7) is 4.98. The molecule has 2 amide bonds. The SMILES string of the molecule is CCCOc1ccc(/C=N\NC(=O)C(=O)Nc2ccccc2OCC)cc1. The van der Waals surface area contributed by atoms with E-state index in [1.54, 1.807) is 36.4 Å². The number of nitrogens with one attached hydrogen (secondary N) is 2. The molecule has 0 aliphatic heterocycles. The van der Waals surface area contributed by atoms with Crippen molar-refractivity contribution < 1.29 is 19.1 Å². The van der Waals surface area contributed by atoms with Gasteiger partial charge in [0, 0.05) is 0 Å². The van der Waals surface area contributed by atoms with Crippen LogP contribution in [0.1, 0.15) is 25.8 Å². The van der Waals surface area contributed by atoms with Crippen LogP contribution in [-0.4, -0.2) is 31.2 Å². The third kappa shape index (κ3) is 6.47. The molecule has 27 heavy (non-hydrogen) atoms. The second-order valence-electron chi connectivity index (χ2n) is 5.50. The fourth-order valence-electron chi connectivity index (χ4n) is 2.12. The van der Waals surface area contributed by atoms with Crippen molar-refractivity contribution in [2.75, 3.05) is 18.5 Å². The zero-order chi connectivity index (χ0) is 19.5. The molecule has 2 aromatic rings. The van der Waals surface area contributed by atoms with E-state index < -0.39 is 11.8 Å². The molecule has 0 atom stereocenters. The third-order valence-corrected chi connectivity index (χ3v) is 3.37. The normalized spacial score (nSPS) is 10.4. The van der Waals surface area contributed by atoms with Crippen molar-refractivity contribution in [1.82, 2.24) is 5.43 Å². The maximum absolute atomic E-state index is 12.0. The number of carbonyl (C=O) groups is 2. The molecule has 0 fully saturated rings. The fourth-order valence-corrected chi connectivity index (χ4v) is 2.12. The quantitative estimate of drug-likeness (QED) is 0.425. The van der Waals surface area contributed by atoms with Gasteiger partial charge < -0.3 is 14.8 Å². The van der Waals surface area contributed by atoms with Gasteiger partial charge in [0.1, 0.15) is 11.5 Å². The van der Waals surface area contributed by atoms with Gasteiger partial charge in [-0.15, -0.1) is 0 Å². The number of anilines is 1. The summed E-state index contributed by atoms with van der Waals surface area (Å²) in [4.78, 5) is 23.9. The molecule has 2 N–H and O–H groups in total. The summed E-state index contributed by atoms with van der Waals surface area (Å²) in [5.74, 6) is -0.441. The van der Waals surface area contributed by atoms with Crippen LogP contribution in [0.4, 0.5) is 5.69 Å². The van der Waals surface area contributed by atoms with Crippen molar-refractivity contribution in [2.45, 2.75) is 20.3 Å². The standard InChI is InChI=1S/C20H23N3O4/c1-3-13-27-16-11-9-15(10-12-16)14-21-23-20(25)19(24)22-17-7-5-6-8-18(17)26-4-2/h5-12,14H,3-4,13H2,1-2H3,(H,22,24)(H,23,25)/b21-14-. The molecular weight excluding hydrogens is 346 g/mol. The Morgan fingerprint density at radius 1 is 1.00 bits per heavy atom. The number of para-hydroxylation sites is 2. The van der Waals surface area contributed by atoms with Crippen LogP contribution in [0, 0.1) is 0 Å². The first kappa shape index (κ1) is 20.0. The van der Waals surface area contributed by atoms with E-state index in [2.05, 4.69) is 15.8 Å². The maximum Gasteiger partial charge on any atom is 0.329 e. The van der Waals surface area contributed by atoms with Crippen LogP contribution in [0.5, 0.6) is 11.5 Å². The summed E-state index contributed by atoms with van der Waals surface area (Å²) >= 11 is 0. The van der Waals surface area contributed by atoms with E-state index in [9.17, 15) is 9.59 Å². The topological polar surface area (TPSA) is 89.0 Å². The summed E-state index contributed by atoms with van der Waals surface area (Å²) in [5, 5.41) is 6.30. The van der Waals surface area contributed by atoms with E-state index in [4.69, 9.17) is 9.47 Å². The van der Waals surface area contributed by atoms with E-state index in [1.807, 2.05) is 26.0 Å². The van der Waals surface area contributed by atoms with Gasteiger partial charge in [-0.2, -0.15) is 5.10 Å². The van der Waals surface area contributed by atoms with Gasteiger partial charge in [0.05, 0.1) is 25.1 Å². The number of carbonyl (C=O) groups excluding carboxylic acids is 2.